The molecular formula is C18H25N5O3. The third kappa shape index (κ3) is 4.01. The topological polar surface area (TPSA) is 95.6 Å². The number of carbonyl (C=O) groups is 1. The van der Waals surface area contributed by atoms with Crippen LogP contribution in [0.2, 0.25) is 0 Å². The van der Waals surface area contributed by atoms with Crippen LogP contribution in [0.3, 0.4) is 0 Å². The summed E-state index contributed by atoms with van der Waals surface area (Å²) in [6.07, 6.45) is 6.49. The molecule has 0 aliphatic carbocycles. The SMILES string of the molecule is Cc1noc(C)c1CCC(=O)N(C)C[C@@]1(O)CCN(c2cnccn2)C1. The molecule has 26 heavy (non-hydrogen) atoms. The molecule has 0 bridgehead atoms. The first-order valence-electron chi connectivity index (χ1n) is 8.77. The number of carbonyl (C=O) groups excluding carboxylic acids is 1. The van der Waals surface area contributed by atoms with Crippen molar-refractivity contribution in [1.29, 1.82) is 0 Å². The summed E-state index contributed by atoms with van der Waals surface area (Å²) in [5, 5.41) is 14.8. The maximum atomic E-state index is 12.5. The molecule has 8 heteroatoms. The van der Waals surface area contributed by atoms with Crippen molar-refractivity contribution >= 4 is 11.7 Å². The number of rotatable bonds is 6. The molecule has 1 saturated heterocycles. The van der Waals surface area contributed by atoms with E-state index in [1.54, 1.807) is 30.5 Å². The minimum absolute atomic E-state index is 0.00335. The molecule has 140 valence electrons. The molecule has 3 heterocycles. The van der Waals surface area contributed by atoms with Crippen LogP contribution in [0.25, 0.3) is 0 Å². The molecular weight excluding hydrogens is 334 g/mol. The van der Waals surface area contributed by atoms with Crippen molar-refractivity contribution in [1.82, 2.24) is 20.0 Å². The van der Waals surface area contributed by atoms with Gasteiger partial charge in [-0.05, 0) is 26.7 Å². The van der Waals surface area contributed by atoms with Gasteiger partial charge >= 0.3 is 0 Å². The number of β-amino-alcohol motifs (C(OH)–C–C–N with tert-alkyl or cyclic N) is 1. The standard InChI is InChI=1S/C18H25N5O3/c1-13-15(14(2)26-21-13)4-5-17(24)22(3)11-18(25)6-9-23(12-18)16-10-19-7-8-20-16/h7-8,10,25H,4-6,9,11-12H2,1-3H3/t18-/m0/s1. The molecule has 3 rings (SSSR count). The van der Waals surface area contributed by atoms with Crippen molar-refractivity contribution in [3.63, 3.8) is 0 Å². The fraction of sp³-hybridized carbons (Fsp3) is 0.556. The van der Waals surface area contributed by atoms with E-state index < -0.39 is 5.60 Å². The van der Waals surface area contributed by atoms with Gasteiger partial charge in [-0.25, -0.2) is 4.98 Å². The number of hydrogen-bond donors (Lipinski definition) is 1. The number of amides is 1. The normalized spacial score (nSPS) is 19.8. The van der Waals surface area contributed by atoms with E-state index in [0.717, 1.165) is 22.8 Å². The predicted molar refractivity (Wildman–Crippen MR) is 95.7 cm³/mol. The van der Waals surface area contributed by atoms with Crippen molar-refractivity contribution < 1.29 is 14.4 Å². The average molecular weight is 359 g/mol. The zero-order valence-electron chi connectivity index (χ0n) is 15.5. The lowest BCUT2D eigenvalue weighted by Crippen LogP contribution is -2.46. The number of aliphatic hydroxyl groups is 1. The van der Waals surface area contributed by atoms with E-state index in [1.165, 1.54) is 0 Å². The van der Waals surface area contributed by atoms with E-state index in [9.17, 15) is 9.90 Å². The number of likely N-dealkylation sites (N-methyl/N-ethyl adjacent to an activating group) is 1. The highest BCUT2D eigenvalue weighted by molar-refractivity contribution is 5.76. The quantitative estimate of drug-likeness (QED) is 0.825. The van der Waals surface area contributed by atoms with Crippen LogP contribution in [0.1, 0.15) is 29.9 Å². The Morgan fingerprint density at radius 1 is 1.42 bits per heavy atom. The summed E-state index contributed by atoms with van der Waals surface area (Å²) in [5.74, 6) is 1.50. The van der Waals surface area contributed by atoms with Gasteiger partial charge in [-0.2, -0.15) is 0 Å². The first kappa shape index (κ1) is 18.3. The first-order chi connectivity index (χ1) is 12.4. The molecule has 1 fully saturated rings. The summed E-state index contributed by atoms with van der Waals surface area (Å²) in [6.45, 7) is 5.15. The Labute approximate surface area is 152 Å². The predicted octanol–water partition coefficient (Wildman–Crippen LogP) is 1.11. The monoisotopic (exact) mass is 359 g/mol. The van der Waals surface area contributed by atoms with Gasteiger partial charge in [0.05, 0.1) is 18.4 Å². The molecule has 1 atom stereocenters. The number of hydrogen-bond acceptors (Lipinski definition) is 7. The maximum Gasteiger partial charge on any atom is 0.222 e. The second kappa shape index (κ2) is 7.41. The molecule has 0 spiro atoms. The highest BCUT2D eigenvalue weighted by atomic mass is 16.5. The molecule has 8 nitrogen and oxygen atoms in total. The van der Waals surface area contributed by atoms with Gasteiger partial charge in [-0.1, -0.05) is 5.16 Å². The van der Waals surface area contributed by atoms with Gasteiger partial charge in [0.15, 0.2) is 0 Å². The number of anilines is 1. The molecule has 0 unspecified atom stereocenters. The van der Waals surface area contributed by atoms with Crippen molar-refractivity contribution in [3.05, 3.63) is 35.6 Å². The third-order valence-corrected chi connectivity index (χ3v) is 4.93. The maximum absolute atomic E-state index is 12.5. The largest absolute Gasteiger partial charge is 0.386 e. The second-order valence-electron chi connectivity index (χ2n) is 7.01. The van der Waals surface area contributed by atoms with Gasteiger partial charge in [0, 0.05) is 44.5 Å². The van der Waals surface area contributed by atoms with Crippen LogP contribution in [-0.2, 0) is 11.2 Å². The fourth-order valence-corrected chi connectivity index (χ4v) is 3.45. The third-order valence-electron chi connectivity index (χ3n) is 4.93. The average Bonchev–Trinajstić information content (AvgIpc) is 3.16. The van der Waals surface area contributed by atoms with Crippen LogP contribution in [0.5, 0.6) is 0 Å². The van der Waals surface area contributed by atoms with E-state index in [2.05, 4.69) is 15.1 Å². The zero-order chi connectivity index (χ0) is 18.7. The minimum Gasteiger partial charge on any atom is -0.386 e. The summed E-state index contributed by atoms with van der Waals surface area (Å²) in [5.41, 5.74) is 0.873. The van der Waals surface area contributed by atoms with Crippen LogP contribution in [-0.4, -0.2) is 63.3 Å². The number of aromatic nitrogens is 3. The van der Waals surface area contributed by atoms with Crippen molar-refractivity contribution in [2.24, 2.45) is 0 Å². The molecule has 2 aromatic heterocycles. The molecule has 2 aromatic rings. The van der Waals surface area contributed by atoms with Crippen LogP contribution in [0.4, 0.5) is 5.82 Å². The van der Waals surface area contributed by atoms with E-state index in [-0.39, 0.29) is 5.91 Å². The second-order valence-corrected chi connectivity index (χ2v) is 7.01. The Morgan fingerprint density at radius 2 is 2.23 bits per heavy atom. The van der Waals surface area contributed by atoms with E-state index in [0.29, 0.717) is 38.9 Å². The van der Waals surface area contributed by atoms with Crippen LogP contribution >= 0.6 is 0 Å². The van der Waals surface area contributed by atoms with Crippen LogP contribution in [0.15, 0.2) is 23.1 Å². The first-order valence-corrected chi connectivity index (χ1v) is 8.77. The van der Waals surface area contributed by atoms with Gasteiger partial charge in [-0.3, -0.25) is 9.78 Å². The molecule has 1 N–H and O–H groups in total. The van der Waals surface area contributed by atoms with E-state index >= 15 is 0 Å². The fourth-order valence-electron chi connectivity index (χ4n) is 3.45. The Kier molecular flexibility index (Phi) is 5.22. The van der Waals surface area contributed by atoms with Gasteiger partial charge in [0.1, 0.15) is 17.2 Å². The lowest BCUT2D eigenvalue weighted by atomic mass is 10.0. The summed E-state index contributed by atoms with van der Waals surface area (Å²) in [6, 6.07) is 0. The van der Waals surface area contributed by atoms with Crippen LogP contribution in [0, 0.1) is 13.8 Å². The highest BCUT2D eigenvalue weighted by Gasteiger charge is 2.38. The van der Waals surface area contributed by atoms with Crippen LogP contribution < -0.4 is 4.90 Å². The van der Waals surface area contributed by atoms with Gasteiger partial charge < -0.3 is 19.4 Å². The molecule has 0 radical (unpaired) electrons. The number of nitrogens with zero attached hydrogens (tertiary/aromatic N) is 5. The summed E-state index contributed by atoms with van der Waals surface area (Å²) < 4.78 is 5.13. The van der Waals surface area contributed by atoms with Gasteiger partial charge in [0.25, 0.3) is 0 Å². The van der Waals surface area contributed by atoms with Gasteiger partial charge in [-0.15, -0.1) is 0 Å². The van der Waals surface area contributed by atoms with E-state index in [4.69, 9.17) is 4.52 Å². The molecule has 0 aromatic carbocycles. The number of aryl methyl sites for hydroxylation is 2. The molecule has 1 aliphatic rings. The lowest BCUT2D eigenvalue weighted by molar-refractivity contribution is -0.132. The van der Waals surface area contributed by atoms with Crippen molar-refractivity contribution in [2.45, 2.75) is 38.7 Å². The zero-order valence-corrected chi connectivity index (χ0v) is 15.5. The van der Waals surface area contributed by atoms with E-state index in [1.807, 2.05) is 18.7 Å². The summed E-state index contributed by atoms with van der Waals surface area (Å²) >= 11 is 0. The summed E-state index contributed by atoms with van der Waals surface area (Å²) in [4.78, 5) is 24.4. The molecule has 1 amide bonds. The minimum atomic E-state index is -0.940. The Balaban J connectivity index is 1.54. The Bertz CT molecular complexity index is 744. The van der Waals surface area contributed by atoms with Gasteiger partial charge in [0.2, 0.25) is 5.91 Å². The smallest absolute Gasteiger partial charge is 0.222 e. The summed E-state index contributed by atoms with van der Waals surface area (Å²) in [7, 11) is 1.73. The van der Waals surface area contributed by atoms with Crippen molar-refractivity contribution in [3.8, 4) is 0 Å². The highest BCUT2D eigenvalue weighted by Crippen LogP contribution is 2.26. The molecule has 1 aliphatic heterocycles. The Hall–Kier alpha value is -2.48. The van der Waals surface area contributed by atoms with Crippen molar-refractivity contribution in [2.75, 3.05) is 31.6 Å². The Morgan fingerprint density at radius 3 is 2.88 bits per heavy atom. The molecule has 0 saturated carbocycles. The lowest BCUT2D eigenvalue weighted by Gasteiger charge is -2.29.